The Morgan fingerprint density at radius 1 is 1.00 bits per heavy atom. The number of fused-ring (bicyclic) bond motifs is 2. The second-order valence-electron chi connectivity index (χ2n) is 8.70. The van der Waals surface area contributed by atoms with Crippen LogP contribution >= 0.6 is 0 Å². The maximum atomic E-state index is 12.9. The van der Waals surface area contributed by atoms with Crippen LogP contribution in [0.5, 0.6) is 0 Å². The van der Waals surface area contributed by atoms with E-state index in [1.165, 1.54) is 5.56 Å². The number of aromatic nitrogens is 2. The van der Waals surface area contributed by atoms with Gasteiger partial charge in [-0.05, 0) is 54.1 Å². The number of piperazine rings is 1. The lowest BCUT2D eigenvalue weighted by Gasteiger charge is -2.32. The molecule has 3 aromatic carbocycles. The zero-order valence-electron chi connectivity index (χ0n) is 19.2. The molecule has 7 heteroatoms. The van der Waals surface area contributed by atoms with Crippen LogP contribution in [0.2, 0.25) is 0 Å². The van der Waals surface area contributed by atoms with Gasteiger partial charge in [0.25, 0.3) is 5.91 Å². The van der Waals surface area contributed by atoms with Gasteiger partial charge < -0.3 is 15.1 Å². The number of nitrogens with zero attached hydrogens (tertiary/aromatic N) is 5. The van der Waals surface area contributed by atoms with E-state index in [0.29, 0.717) is 12.2 Å². The smallest absolute Gasteiger partial charge is 0.253 e. The van der Waals surface area contributed by atoms with E-state index in [9.17, 15) is 4.79 Å². The summed E-state index contributed by atoms with van der Waals surface area (Å²) in [7, 11) is 2.09. The van der Waals surface area contributed by atoms with Crippen LogP contribution < -0.4 is 5.32 Å². The molecule has 0 bridgehead atoms. The number of benzene rings is 3. The van der Waals surface area contributed by atoms with Crippen molar-refractivity contribution in [1.29, 1.82) is 0 Å². The van der Waals surface area contributed by atoms with Crippen molar-refractivity contribution >= 4 is 39.1 Å². The summed E-state index contributed by atoms with van der Waals surface area (Å²) in [4.78, 5) is 29.3. The van der Waals surface area contributed by atoms with Crippen LogP contribution in [-0.2, 0) is 6.42 Å². The Morgan fingerprint density at radius 3 is 2.62 bits per heavy atom. The fourth-order valence-corrected chi connectivity index (χ4v) is 4.36. The van der Waals surface area contributed by atoms with E-state index in [0.717, 1.165) is 65.7 Å². The third kappa shape index (κ3) is 4.54. The number of carbonyl (C=O) groups excluding carboxylic acids is 1. The van der Waals surface area contributed by atoms with Gasteiger partial charge >= 0.3 is 0 Å². The lowest BCUT2D eigenvalue weighted by atomic mass is 10.0. The topological polar surface area (TPSA) is 65.7 Å². The molecule has 1 aromatic heterocycles. The molecule has 1 fully saturated rings. The SMILES string of the molecule is [C-]#[N+]c1ccc2ncnc(NCCc3ccc4cc(C(=O)N5CCN(C)CC5)ccc4c3)c2c1. The minimum absolute atomic E-state index is 0.113. The van der Waals surface area contributed by atoms with Gasteiger partial charge in [-0.15, -0.1) is 0 Å². The number of hydrogen-bond donors (Lipinski definition) is 1. The standard InChI is InChI=1S/C27H26N6O/c1-28-23-7-8-25-24(17-23)26(31-18-30-25)29-10-9-19-3-4-21-16-22(6-5-20(21)15-19)27(34)33-13-11-32(2)12-14-33/h3-8,15-18H,9-14H2,2H3,(H,29,30,31). The predicted octanol–water partition coefficient (Wildman–Crippen LogP) is 4.38. The maximum Gasteiger partial charge on any atom is 0.253 e. The summed E-state index contributed by atoms with van der Waals surface area (Å²) in [6.45, 7) is 11.3. The van der Waals surface area contributed by atoms with E-state index in [1.54, 1.807) is 12.4 Å². The predicted molar refractivity (Wildman–Crippen MR) is 135 cm³/mol. The highest BCUT2D eigenvalue weighted by Gasteiger charge is 2.20. The quantitative estimate of drug-likeness (QED) is 0.457. The summed E-state index contributed by atoms with van der Waals surface area (Å²) in [5.41, 5.74) is 3.35. The highest BCUT2D eigenvalue weighted by atomic mass is 16.2. The van der Waals surface area contributed by atoms with Crippen molar-refractivity contribution in [2.45, 2.75) is 6.42 Å². The molecular formula is C27H26N6O. The number of carbonyl (C=O) groups is 1. The van der Waals surface area contributed by atoms with Crippen molar-refractivity contribution in [3.8, 4) is 0 Å². The minimum Gasteiger partial charge on any atom is -0.369 e. The Balaban J connectivity index is 1.26. The monoisotopic (exact) mass is 450 g/mol. The first-order valence-corrected chi connectivity index (χ1v) is 11.5. The molecule has 5 rings (SSSR count). The first-order valence-electron chi connectivity index (χ1n) is 11.5. The van der Waals surface area contributed by atoms with Gasteiger partial charge in [0.05, 0.1) is 12.1 Å². The molecule has 0 radical (unpaired) electrons. The van der Waals surface area contributed by atoms with Crippen LogP contribution in [0, 0.1) is 6.57 Å². The van der Waals surface area contributed by atoms with Gasteiger partial charge in [0.15, 0.2) is 5.69 Å². The summed E-state index contributed by atoms with van der Waals surface area (Å²) < 4.78 is 0. The van der Waals surface area contributed by atoms with Crippen molar-refractivity contribution in [3.05, 3.63) is 83.5 Å². The normalized spacial score (nSPS) is 14.3. The number of rotatable bonds is 5. The summed E-state index contributed by atoms with van der Waals surface area (Å²) in [6.07, 6.45) is 2.37. The Morgan fingerprint density at radius 2 is 1.79 bits per heavy atom. The van der Waals surface area contributed by atoms with Crippen LogP contribution in [0.15, 0.2) is 60.9 Å². The summed E-state index contributed by atoms with van der Waals surface area (Å²) >= 11 is 0. The molecule has 0 saturated carbocycles. The highest BCUT2D eigenvalue weighted by Crippen LogP contribution is 2.25. The number of nitrogens with one attached hydrogen (secondary N) is 1. The number of hydrogen-bond acceptors (Lipinski definition) is 5. The third-order valence-corrected chi connectivity index (χ3v) is 6.40. The lowest BCUT2D eigenvalue weighted by Crippen LogP contribution is -2.47. The van der Waals surface area contributed by atoms with E-state index in [-0.39, 0.29) is 5.91 Å². The molecule has 170 valence electrons. The fraction of sp³-hybridized carbons (Fsp3) is 0.259. The molecule has 1 saturated heterocycles. The van der Waals surface area contributed by atoms with Crippen molar-refractivity contribution in [3.63, 3.8) is 0 Å². The first-order chi connectivity index (χ1) is 16.6. The summed E-state index contributed by atoms with van der Waals surface area (Å²) in [5, 5.41) is 6.45. The van der Waals surface area contributed by atoms with Crippen molar-refractivity contribution < 1.29 is 4.79 Å². The Bertz CT molecular complexity index is 1400. The van der Waals surface area contributed by atoms with Crippen LogP contribution in [0.4, 0.5) is 11.5 Å². The molecule has 1 aliphatic rings. The zero-order valence-corrected chi connectivity index (χ0v) is 19.2. The average molecular weight is 451 g/mol. The molecule has 34 heavy (non-hydrogen) atoms. The third-order valence-electron chi connectivity index (χ3n) is 6.40. The molecule has 2 heterocycles. The lowest BCUT2D eigenvalue weighted by molar-refractivity contribution is 0.0664. The van der Waals surface area contributed by atoms with Crippen molar-refractivity contribution in [1.82, 2.24) is 19.8 Å². The second-order valence-corrected chi connectivity index (χ2v) is 8.70. The summed E-state index contributed by atoms with van der Waals surface area (Å²) in [6, 6.07) is 17.8. The Hall–Kier alpha value is -4.02. The van der Waals surface area contributed by atoms with Crippen molar-refractivity contribution in [2.75, 3.05) is 45.1 Å². The average Bonchev–Trinajstić information content (AvgIpc) is 2.88. The molecule has 1 N–H and O–H groups in total. The van der Waals surface area contributed by atoms with Gasteiger partial charge in [-0.1, -0.05) is 30.3 Å². The molecule has 0 aliphatic carbocycles. The first kappa shape index (κ1) is 21.8. The molecule has 4 aromatic rings. The van der Waals surface area contributed by atoms with Gasteiger partial charge in [0.2, 0.25) is 0 Å². The maximum absolute atomic E-state index is 12.9. The number of amides is 1. The van der Waals surface area contributed by atoms with Gasteiger partial charge in [-0.2, -0.15) is 0 Å². The fourth-order valence-electron chi connectivity index (χ4n) is 4.36. The van der Waals surface area contributed by atoms with Gasteiger partial charge in [-0.25, -0.2) is 14.8 Å². The Labute approximate surface area is 198 Å². The van der Waals surface area contributed by atoms with E-state index in [2.05, 4.69) is 50.3 Å². The molecule has 1 aliphatic heterocycles. The van der Waals surface area contributed by atoms with Gasteiger partial charge in [0.1, 0.15) is 12.1 Å². The van der Waals surface area contributed by atoms with Crippen LogP contribution in [0.1, 0.15) is 15.9 Å². The van der Waals surface area contributed by atoms with Crippen LogP contribution in [0.25, 0.3) is 26.5 Å². The van der Waals surface area contributed by atoms with Crippen molar-refractivity contribution in [2.24, 2.45) is 0 Å². The van der Waals surface area contributed by atoms with Crippen LogP contribution in [0.3, 0.4) is 0 Å². The van der Waals surface area contributed by atoms with E-state index in [1.807, 2.05) is 35.2 Å². The molecule has 0 atom stereocenters. The van der Waals surface area contributed by atoms with E-state index < -0.39 is 0 Å². The van der Waals surface area contributed by atoms with E-state index in [4.69, 9.17) is 6.57 Å². The highest BCUT2D eigenvalue weighted by molar-refractivity contribution is 5.98. The largest absolute Gasteiger partial charge is 0.369 e. The molecule has 1 amide bonds. The number of likely N-dealkylation sites (N-methyl/N-ethyl adjacent to an activating group) is 1. The Kier molecular flexibility index (Phi) is 6.07. The van der Waals surface area contributed by atoms with Gasteiger partial charge in [-0.3, -0.25) is 4.79 Å². The number of anilines is 1. The zero-order chi connectivity index (χ0) is 23.5. The molecule has 7 nitrogen and oxygen atoms in total. The molecular weight excluding hydrogens is 424 g/mol. The van der Waals surface area contributed by atoms with Crippen LogP contribution in [-0.4, -0.2) is 65.4 Å². The molecule has 0 unspecified atom stereocenters. The second kappa shape index (κ2) is 9.46. The van der Waals surface area contributed by atoms with Gasteiger partial charge in [0, 0.05) is 43.7 Å². The van der Waals surface area contributed by atoms with E-state index >= 15 is 0 Å². The molecule has 0 spiro atoms. The summed E-state index contributed by atoms with van der Waals surface area (Å²) in [5.74, 6) is 0.852. The minimum atomic E-state index is 0.113.